The number of aromatic nitrogens is 4. The maximum absolute atomic E-state index is 12.8. The molecule has 1 aliphatic rings. The molecule has 3 aromatic heterocycles. The highest BCUT2D eigenvalue weighted by Gasteiger charge is 2.33. The van der Waals surface area contributed by atoms with Crippen LogP contribution in [0.3, 0.4) is 0 Å². The van der Waals surface area contributed by atoms with E-state index in [1.165, 1.54) is 0 Å². The third-order valence-electron chi connectivity index (χ3n) is 5.41. The summed E-state index contributed by atoms with van der Waals surface area (Å²) in [6, 6.07) is 1.85. The number of halogens is 3. The van der Waals surface area contributed by atoms with Gasteiger partial charge in [0.15, 0.2) is 11.3 Å². The van der Waals surface area contributed by atoms with Gasteiger partial charge in [0.05, 0.1) is 12.7 Å². The SMILES string of the molecule is CC(C)c1cnn2c(NCc3nc(C(F)(F)F)cs3)cc(NCC3CCNCC3)nc12. The molecule has 11 heteroatoms. The van der Waals surface area contributed by atoms with E-state index in [4.69, 9.17) is 4.98 Å². The summed E-state index contributed by atoms with van der Waals surface area (Å²) >= 11 is 0.984. The first kappa shape index (κ1) is 21.8. The first-order valence-electron chi connectivity index (χ1n) is 10.4. The van der Waals surface area contributed by atoms with Crippen molar-refractivity contribution in [1.29, 1.82) is 0 Å². The van der Waals surface area contributed by atoms with E-state index < -0.39 is 11.9 Å². The Labute approximate surface area is 182 Å². The Hall–Kier alpha value is -2.40. The molecule has 1 aliphatic heterocycles. The number of alkyl halides is 3. The molecule has 0 saturated carbocycles. The smallest absolute Gasteiger partial charge is 0.370 e. The van der Waals surface area contributed by atoms with Crippen molar-refractivity contribution in [2.45, 2.75) is 45.3 Å². The lowest BCUT2D eigenvalue weighted by molar-refractivity contribution is -0.140. The Morgan fingerprint density at radius 3 is 2.68 bits per heavy atom. The predicted octanol–water partition coefficient (Wildman–Crippen LogP) is 4.35. The fraction of sp³-hybridized carbons (Fsp3) is 0.550. The average molecular weight is 454 g/mol. The number of hydrogen-bond acceptors (Lipinski definition) is 7. The summed E-state index contributed by atoms with van der Waals surface area (Å²) in [4.78, 5) is 8.46. The van der Waals surface area contributed by atoms with Gasteiger partial charge in [-0.15, -0.1) is 11.3 Å². The Kier molecular flexibility index (Phi) is 6.33. The maximum Gasteiger partial charge on any atom is 0.434 e. The van der Waals surface area contributed by atoms with Gasteiger partial charge >= 0.3 is 6.18 Å². The summed E-state index contributed by atoms with van der Waals surface area (Å²) in [5.41, 5.74) is 0.893. The molecule has 1 saturated heterocycles. The molecule has 0 atom stereocenters. The number of rotatable bonds is 7. The molecule has 0 bridgehead atoms. The zero-order valence-electron chi connectivity index (χ0n) is 17.5. The number of nitrogens with zero attached hydrogens (tertiary/aromatic N) is 4. The van der Waals surface area contributed by atoms with Crippen LogP contribution in [0.2, 0.25) is 0 Å². The minimum absolute atomic E-state index is 0.171. The molecule has 0 spiro atoms. The zero-order chi connectivity index (χ0) is 22.0. The highest BCUT2D eigenvalue weighted by atomic mass is 32.1. The van der Waals surface area contributed by atoms with Crippen LogP contribution < -0.4 is 16.0 Å². The topological polar surface area (TPSA) is 79.2 Å². The summed E-state index contributed by atoms with van der Waals surface area (Å²) in [6.45, 7) is 7.21. The van der Waals surface area contributed by atoms with Crippen molar-refractivity contribution in [1.82, 2.24) is 24.9 Å². The predicted molar refractivity (Wildman–Crippen MR) is 116 cm³/mol. The van der Waals surface area contributed by atoms with Gasteiger partial charge in [0.2, 0.25) is 0 Å². The van der Waals surface area contributed by atoms with E-state index in [1.807, 2.05) is 6.07 Å². The molecule has 4 heterocycles. The van der Waals surface area contributed by atoms with Crippen LogP contribution in [-0.2, 0) is 12.7 Å². The number of thiazole rings is 1. The Balaban J connectivity index is 1.56. The Morgan fingerprint density at radius 2 is 2.00 bits per heavy atom. The number of anilines is 2. The molecule has 0 unspecified atom stereocenters. The molecule has 0 aromatic carbocycles. The van der Waals surface area contributed by atoms with Crippen molar-refractivity contribution in [3.05, 3.63) is 33.9 Å². The molecule has 3 N–H and O–H groups in total. The van der Waals surface area contributed by atoms with Gasteiger partial charge in [-0.05, 0) is 37.8 Å². The van der Waals surface area contributed by atoms with Crippen molar-refractivity contribution in [2.75, 3.05) is 30.3 Å². The molecule has 0 radical (unpaired) electrons. The van der Waals surface area contributed by atoms with Gasteiger partial charge in [-0.25, -0.2) is 9.97 Å². The van der Waals surface area contributed by atoms with Gasteiger partial charge in [-0.3, -0.25) is 0 Å². The van der Waals surface area contributed by atoms with Crippen molar-refractivity contribution in [2.24, 2.45) is 5.92 Å². The molecule has 7 nitrogen and oxygen atoms in total. The van der Waals surface area contributed by atoms with Gasteiger partial charge in [-0.2, -0.15) is 22.8 Å². The second-order valence-electron chi connectivity index (χ2n) is 8.07. The fourth-order valence-corrected chi connectivity index (χ4v) is 4.37. The van der Waals surface area contributed by atoms with Crippen molar-refractivity contribution in [3.63, 3.8) is 0 Å². The van der Waals surface area contributed by atoms with Crippen LogP contribution in [0.1, 0.15) is 48.9 Å². The number of hydrogen-bond donors (Lipinski definition) is 3. The summed E-state index contributed by atoms with van der Waals surface area (Å²) in [5.74, 6) is 2.21. The molecule has 0 aliphatic carbocycles. The molecular formula is C20H26F3N7S. The number of fused-ring (bicyclic) bond motifs is 1. The molecule has 168 valence electrons. The summed E-state index contributed by atoms with van der Waals surface area (Å²) in [5, 5.41) is 15.8. The van der Waals surface area contributed by atoms with E-state index in [-0.39, 0.29) is 12.5 Å². The van der Waals surface area contributed by atoms with E-state index in [9.17, 15) is 13.2 Å². The second kappa shape index (κ2) is 8.99. The van der Waals surface area contributed by atoms with E-state index >= 15 is 0 Å². The first-order chi connectivity index (χ1) is 14.8. The lowest BCUT2D eigenvalue weighted by Gasteiger charge is -2.23. The van der Waals surface area contributed by atoms with Gasteiger partial charge < -0.3 is 16.0 Å². The normalized spacial score (nSPS) is 15.7. The van der Waals surface area contributed by atoms with Gasteiger partial charge in [0.1, 0.15) is 16.6 Å². The third kappa shape index (κ3) is 5.09. The minimum Gasteiger partial charge on any atom is -0.370 e. The van der Waals surface area contributed by atoms with Crippen LogP contribution in [0, 0.1) is 5.92 Å². The van der Waals surface area contributed by atoms with Crippen LogP contribution in [0.15, 0.2) is 17.6 Å². The monoisotopic (exact) mass is 453 g/mol. The quantitative estimate of drug-likeness (QED) is 0.494. The Morgan fingerprint density at radius 1 is 1.23 bits per heavy atom. The van der Waals surface area contributed by atoms with Crippen molar-refractivity contribution < 1.29 is 13.2 Å². The van der Waals surface area contributed by atoms with Crippen LogP contribution in [-0.4, -0.2) is 39.2 Å². The number of piperidine rings is 1. The van der Waals surface area contributed by atoms with Crippen molar-refractivity contribution >= 4 is 28.6 Å². The second-order valence-corrected chi connectivity index (χ2v) is 9.01. The molecule has 31 heavy (non-hydrogen) atoms. The van der Waals surface area contributed by atoms with Crippen LogP contribution in [0.5, 0.6) is 0 Å². The zero-order valence-corrected chi connectivity index (χ0v) is 18.3. The van der Waals surface area contributed by atoms with E-state index in [1.54, 1.807) is 10.7 Å². The van der Waals surface area contributed by atoms with E-state index in [0.29, 0.717) is 16.7 Å². The van der Waals surface area contributed by atoms with Crippen LogP contribution >= 0.6 is 11.3 Å². The molecule has 1 fully saturated rings. The standard InChI is InChI=1S/C20H26F3N7S/c1-12(2)14-9-27-30-17(26-10-18-28-15(11-31-18)20(21,22)23)7-16(29-19(14)30)25-8-13-3-5-24-6-4-13/h7,9,11-13,24,26H,3-6,8,10H2,1-2H3,(H,25,29). The van der Waals surface area contributed by atoms with Gasteiger partial charge in [0.25, 0.3) is 0 Å². The lowest BCUT2D eigenvalue weighted by Crippen LogP contribution is -2.31. The summed E-state index contributed by atoms with van der Waals surface area (Å²) in [6.07, 6.45) is -0.399. The maximum atomic E-state index is 12.8. The third-order valence-corrected chi connectivity index (χ3v) is 6.26. The average Bonchev–Trinajstić information content (AvgIpc) is 3.38. The summed E-state index contributed by atoms with van der Waals surface area (Å²) < 4.78 is 40.2. The fourth-order valence-electron chi connectivity index (χ4n) is 3.63. The molecular weight excluding hydrogens is 427 g/mol. The van der Waals surface area contributed by atoms with Gasteiger partial charge in [-0.1, -0.05) is 13.8 Å². The van der Waals surface area contributed by atoms with Crippen molar-refractivity contribution in [3.8, 4) is 0 Å². The Bertz CT molecular complexity index is 1020. The largest absolute Gasteiger partial charge is 0.434 e. The van der Waals surface area contributed by atoms with Crippen LogP contribution in [0.25, 0.3) is 5.65 Å². The van der Waals surface area contributed by atoms with Gasteiger partial charge in [0, 0.05) is 23.6 Å². The highest BCUT2D eigenvalue weighted by molar-refractivity contribution is 7.09. The summed E-state index contributed by atoms with van der Waals surface area (Å²) in [7, 11) is 0. The minimum atomic E-state index is -4.43. The lowest BCUT2D eigenvalue weighted by atomic mass is 9.98. The first-order valence-corrected chi connectivity index (χ1v) is 11.3. The number of nitrogens with one attached hydrogen (secondary N) is 3. The highest BCUT2D eigenvalue weighted by Crippen LogP contribution is 2.30. The molecule has 0 amide bonds. The van der Waals surface area contributed by atoms with E-state index in [0.717, 1.165) is 66.2 Å². The van der Waals surface area contributed by atoms with E-state index in [2.05, 4.69) is 39.9 Å². The molecule has 3 aromatic rings. The van der Waals surface area contributed by atoms with Crippen LogP contribution in [0.4, 0.5) is 24.8 Å². The molecule has 4 rings (SSSR count).